The Hall–Kier alpha value is -3.86. The van der Waals surface area contributed by atoms with Gasteiger partial charge in [0.15, 0.2) is 0 Å². The third kappa shape index (κ3) is 4.40. The van der Waals surface area contributed by atoms with Gasteiger partial charge in [-0.15, -0.1) is 0 Å². The molecule has 11 heteroatoms. The molecule has 2 aromatic carbocycles. The Labute approximate surface area is 195 Å². The van der Waals surface area contributed by atoms with Crippen LogP contribution in [0.25, 0.3) is 0 Å². The number of nitro benzene ring substituents is 1. The number of ether oxygens (including phenoxy) is 1. The standard InChI is InChI=1S/C22H20BrN5O5/c1-11-18(21(29)26-24-11)20(19-12(2)25-27-22(19)30)14-5-8-17(16(23)9-14)33-10-13-3-6-15(7-4-13)28(31)32/h3-9,20H,10H2,1-2H3,(H2,24,26,29)(H2,25,27,30). The van der Waals surface area contributed by atoms with E-state index in [2.05, 4.69) is 36.3 Å². The minimum atomic E-state index is -0.602. The molecule has 0 radical (unpaired) electrons. The van der Waals surface area contributed by atoms with Gasteiger partial charge in [-0.05, 0) is 65.2 Å². The van der Waals surface area contributed by atoms with Gasteiger partial charge in [-0.3, -0.25) is 29.9 Å². The molecule has 4 aromatic rings. The van der Waals surface area contributed by atoms with Crippen LogP contribution in [0.3, 0.4) is 0 Å². The van der Waals surface area contributed by atoms with Crippen LogP contribution < -0.4 is 15.9 Å². The van der Waals surface area contributed by atoms with E-state index < -0.39 is 10.8 Å². The maximum atomic E-state index is 12.6. The zero-order chi connectivity index (χ0) is 23.7. The summed E-state index contributed by atoms with van der Waals surface area (Å²) in [6, 6.07) is 11.5. The molecular formula is C22H20BrN5O5. The number of non-ortho nitro benzene ring substituents is 1. The third-order valence-electron chi connectivity index (χ3n) is 5.43. The minimum Gasteiger partial charge on any atom is -0.488 e. The summed E-state index contributed by atoms with van der Waals surface area (Å²) in [7, 11) is 0. The molecule has 0 amide bonds. The SMILES string of the molecule is Cc1[nH][nH]c(=O)c1C(c1ccc(OCc2ccc([N+](=O)[O-])cc2)c(Br)c1)c1c(C)[nH][nH]c1=O. The van der Waals surface area contributed by atoms with Gasteiger partial charge in [-0.25, -0.2) is 0 Å². The van der Waals surface area contributed by atoms with Gasteiger partial charge in [-0.1, -0.05) is 6.07 Å². The first-order chi connectivity index (χ1) is 15.8. The number of halogens is 1. The average Bonchev–Trinajstić information content (AvgIpc) is 3.30. The second-order valence-corrected chi connectivity index (χ2v) is 8.43. The number of aryl methyl sites for hydroxylation is 2. The van der Waals surface area contributed by atoms with E-state index >= 15 is 0 Å². The molecule has 0 saturated heterocycles. The molecular weight excluding hydrogens is 494 g/mol. The fraction of sp³-hybridized carbons (Fsp3) is 0.182. The number of benzene rings is 2. The second-order valence-electron chi connectivity index (χ2n) is 7.57. The van der Waals surface area contributed by atoms with Crippen molar-refractivity contribution in [1.82, 2.24) is 20.4 Å². The number of hydrogen-bond acceptors (Lipinski definition) is 5. The zero-order valence-corrected chi connectivity index (χ0v) is 19.3. The van der Waals surface area contributed by atoms with Crippen LogP contribution in [0.15, 0.2) is 56.5 Å². The highest BCUT2D eigenvalue weighted by atomic mass is 79.9. The normalized spacial score (nSPS) is 11.2. The van der Waals surface area contributed by atoms with Crippen LogP contribution in [-0.2, 0) is 6.61 Å². The molecule has 0 fully saturated rings. The number of nitro groups is 1. The summed E-state index contributed by atoms with van der Waals surface area (Å²) < 4.78 is 6.51. The molecule has 0 aliphatic carbocycles. The van der Waals surface area contributed by atoms with Crippen LogP contribution in [-0.4, -0.2) is 25.3 Å². The first-order valence-corrected chi connectivity index (χ1v) is 10.8. The third-order valence-corrected chi connectivity index (χ3v) is 6.05. The first-order valence-electron chi connectivity index (χ1n) is 9.96. The molecule has 0 atom stereocenters. The van der Waals surface area contributed by atoms with E-state index in [0.29, 0.717) is 32.7 Å². The summed E-state index contributed by atoms with van der Waals surface area (Å²) in [5.74, 6) is -0.0507. The Morgan fingerprint density at radius 1 is 0.939 bits per heavy atom. The average molecular weight is 514 g/mol. The van der Waals surface area contributed by atoms with Gasteiger partial charge in [0, 0.05) is 29.4 Å². The number of hydrogen-bond donors (Lipinski definition) is 4. The van der Waals surface area contributed by atoms with Crippen molar-refractivity contribution in [2.45, 2.75) is 26.4 Å². The van der Waals surface area contributed by atoms with Gasteiger partial charge in [0.2, 0.25) is 0 Å². The van der Waals surface area contributed by atoms with Crippen molar-refractivity contribution >= 4 is 21.6 Å². The molecule has 4 N–H and O–H groups in total. The van der Waals surface area contributed by atoms with Crippen LogP contribution in [0.2, 0.25) is 0 Å². The summed E-state index contributed by atoms with van der Waals surface area (Å²) in [6.07, 6.45) is 0. The molecule has 4 rings (SSSR count). The molecule has 2 heterocycles. The second kappa shape index (κ2) is 8.94. The van der Waals surface area contributed by atoms with Crippen molar-refractivity contribution in [3.8, 4) is 5.75 Å². The minimum absolute atomic E-state index is 0.0143. The van der Waals surface area contributed by atoms with E-state index in [0.717, 1.165) is 11.1 Å². The Morgan fingerprint density at radius 3 is 1.97 bits per heavy atom. The predicted molar refractivity (Wildman–Crippen MR) is 125 cm³/mol. The highest BCUT2D eigenvalue weighted by molar-refractivity contribution is 9.10. The lowest BCUT2D eigenvalue weighted by molar-refractivity contribution is -0.384. The molecule has 170 valence electrons. The van der Waals surface area contributed by atoms with Crippen molar-refractivity contribution < 1.29 is 9.66 Å². The molecule has 0 aliphatic rings. The number of nitrogens with zero attached hydrogens (tertiary/aromatic N) is 1. The van der Waals surface area contributed by atoms with Crippen molar-refractivity contribution in [2.24, 2.45) is 0 Å². The Kier molecular flexibility index (Phi) is 6.05. The highest BCUT2D eigenvalue weighted by Gasteiger charge is 2.28. The lowest BCUT2D eigenvalue weighted by Gasteiger charge is -2.17. The monoisotopic (exact) mass is 513 g/mol. The zero-order valence-electron chi connectivity index (χ0n) is 17.7. The van der Waals surface area contributed by atoms with Crippen LogP contribution in [0.5, 0.6) is 5.75 Å². The summed E-state index contributed by atoms with van der Waals surface area (Å²) >= 11 is 3.52. The molecule has 2 aromatic heterocycles. The highest BCUT2D eigenvalue weighted by Crippen LogP contribution is 2.35. The summed E-state index contributed by atoms with van der Waals surface area (Å²) in [5, 5.41) is 21.6. The molecule has 0 unspecified atom stereocenters. The van der Waals surface area contributed by atoms with Gasteiger partial charge >= 0.3 is 0 Å². The van der Waals surface area contributed by atoms with Crippen molar-refractivity contribution in [3.63, 3.8) is 0 Å². The van der Waals surface area contributed by atoms with Gasteiger partial charge in [0.25, 0.3) is 16.8 Å². The predicted octanol–water partition coefficient (Wildman–Crippen LogP) is 3.77. The maximum absolute atomic E-state index is 12.6. The number of aromatic amines is 4. The largest absolute Gasteiger partial charge is 0.488 e. The van der Waals surface area contributed by atoms with E-state index in [1.807, 2.05) is 6.07 Å². The van der Waals surface area contributed by atoms with E-state index in [1.165, 1.54) is 12.1 Å². The van der Waals surface area contributed by atoms with Gasteiger partial charge in [0.05, 0.1) is 20.5 Å². The molecule has 33 heavy (non-hydrogen) atoms. The lowest BCUT2D eigenvalue weighted by atomic mass is 9.85. The van der Waals surface area contributed by atoms with E-state index in [9.17, 15) is 19.7 Å². The van der Waals surface area contributed by atoms with E-state index in [4.69, 9.17) is 4.74 Å². The summed E-state index contributed by atoms with van der Waals surface area (Å²) in [4.78, 5) is 35.5. The Balaban J connectivity index is 1.66. The first kappa shape index (κ1) is 22.3. The van der Waals surface area contributed by atoms with Gasteiger partial charge in [-0.2, -0.15) is 0 Å². The smallest absolute Gasteiger partial charge is 0.269 e. The fourth-order valence-electron chi connectivity index (χ4n) is 3.77. The summed E-state index contributed by atoms with van der Waals surface area (Å²) in [6.45, 7) is 3.76. The van der Waals surface area contributed by atoms with E-state index in [1.54, 1.807) is 38.1 Å². The Morgan fingerprint density at radius 2 is 1.52 bits per heavy atom. The van der Waals surface area contributed by atoms with Crippen molar-refractivity contribution in [1.29, 1.82) is 0 Å². The molecule has 0 aliphatic heterocycles. The number of rotatable bonds is 7. The maximum Gasteiger partial charge on any atom is 0.269 e. The van der Waals surface area contributed by atoms with Crippen molar-refractivity contribution in [2.75, 3.05) is 0 Å². The fourth-order valence-corrected chi connectivity index (χ4v) is 4.28. The van der Waals surface area contributed by atoms with Crippen LogP contribution in [0, 0.1) is 24.0 Å². The molecule has 10 nitrogen and oxygen atoms in total. The summed E-state index contributed by atoms with van der Waals surface area (Å²) in [5.41, 5.74) is 3.10. The van der Waals surface area contributed by atoms with Gasteiger partial charge in [0.1, 0.15) is 12.4 Å². The molecule has 0 saturated carbocycles. The van der Waals surface area contributed by atoms with Crippen LogP contribution >= 0.6 is 15.9 Å². The molecule has 0 bridgehead atoms. The Bertz CT molecular complexity index is 1380. The number of aromatic nitrogens is 4. The van der Waals surface area contributed by atoms with Gasteiger partial charge < -0.3 is 14.9 Å². The number of nitrogens with one attached hydrogen (secondary N) is 4. The van der Waals surface area contributed by atoms with Crippen molar-refractivity contribution in [3.05, 3.63) is 111 Å². The topological polar surface area (TPSA) is 150 Å². The number of H-pyrrole nitrogens is 4. The molecule has 0 spiro atoms. The quantitative estimate of drug-likeness (QED) is 0.219. The van der Waals surface area contributed by atoms with E-state index in [-0.39, 0.29) is 23.4 Å². The van der Waals surface area contributed by atoms with Crippen LogP contribution in [0.1, 0.15) is 39.6 Å². The lowest BCUT2D eigenvalue weighted by Crippen LogP contribution is -2.20. The van der Waals surface area contributed by atoms with Crippen LogP contribution in [0.4, 0.5) is 5.69 Å².